The second-order valence-corrected chi connectivity index (χ2v) is 12.8. The van der Waals surface area contributed by atoms with Gasteiger partial charge in [0.1, 0.15) is 0 Å². The average molecular weight is 415 g/mol. The summed E-state index contributed by atoms with van der Waals surface area (Å²) in [6.07, 6.45) is 17.1. The number of fused-ring (bicyclic) bond motifs is 5. The molecule has 4 rings (SSSR count). The SMILES string of the molecule is CC[C@H](CC[C@@H](C)[C@H]1CC[C@H]2[C@@H]3CCC4=C[C@H](O)CC[C@]4(C)[C@H]3CC[C@]12C)C(C)C. The van der Waals surface area contributed by atoms with Gasteiger partial charge < -0.3 is 5.11 Å². The lowest BCUT2D eigenvalue weighted by Crippen LogP contribution is -2.51. The zero-order valence-electron chi connectivity index (χ0n) is 20.9. The molecule has 0 spiro atoms. The zero-order chi connectivity index (χ0) is 21.7. The third kappa shape index (κ3) is 3.74. The van der Waals surface area contributed by atoms with Crippen LogP contribution in [-0.4, -0.2) is 11.2 Å². The minimum Gasteiger partial charge on any atom is -0.389 e. The van der Waals surface area contributed by atoms with Gasteiger partial charge in [-0.25, -0.2) is 0 Å². The highest BCUT2D eigenvalue weighted by Gasteiger charge is 2.59. The van der Waals surface area contributed by atoms with Crippen molar-refractivity contribution in [2.24, 2.45) is 52.3 Å². The van der Waals surface area contributed by atoms with Gasteiger partial charge in [0, 0.05) is 0 Å². The number of hydrogen-bond donors (Lipinski definition) is 1. The van der Waals surface area contributed by atoms with Gasteiger partial charge in [0.2, 0.25) is 0 Å². The van der Waals surface area contributed by atoms with E-state index in [9.17, 15) is 5.11 Å². The van der Waals surface area contributed by atoms with E-state index in [4.69, 9.17) is 0 Å². The minimum atomic E-state index is -0.173. The molecule has 4 aliphatic rings. The van der Waals surface area contributed by atoms with E-state index < -0.39 is 0 Å². The molecule has 0 aromatic carbocycles. The molecule has 0 radical (unpaired) electrons. The van der Waals surface area contributed by atoms with Crippen LogP contribution in [0.25, 0.3) is 0 Å². The van der Waals surface area contributed by atoms with Crippen molar-refractivity contribution in [2.45, 2.75) is 118 Å². The maximum Gasteiger partial charge on any atom is 0.0724 e. The summed E-state index contributed by atoms with van der Waals surface area (Å²) in [6.45, 7) is 15.1. The average Bonchev–Trinajstić information content (AvgIpc) is 3.06. The topological polar surface area (TPSA) is 20.2 Å². The molecule has 0 bridgehead atoms. The second kappa shape index (κ2) is 8.57. The highest BCUT2D eigenvalue weighted by Crippen LogP contribution is 2.67. The zero-order valence-corrected chi connectivity index (χ0v) is 20.9. The largest absolute Gasteiger partial charge is 0.389 e. The molecule has 1 nitrogen and oxygen atoms in total. The van der Waals surface area contributed by atoms with Crippen LogP contribution in [0.2, 0.25) is 0 Å². The highest BCUT2D eigenvalue weighted by molar-refractivity contribution is 5.25. The Morgan fingerprint density at radius 2 is 1.73 bits per heavy atom. The highest BCUT2D eigenvalue weighted by atomic mass is 16.3. The molecule has 3 fully saturated rings. The van der Waals surface area contributed by atoms with Crippen molar-refractivity contribution in [3.8, 4) is 0 Å². The Kier molecular flexibility index (Phi) is 6.53. The maximum atomic E-state index is 10.2. The summed E-state index contributed by atoms with van der Waals surface area (Å²) in [4.78, 5) is 0. The lowest BCUT2D eigenvalue weighted by molar-refractivity contribution is -0.0629. The second-order valence-electron chi connectivity index (χ2n) is 12.8. The number of hydrogen-bond acceptors (Lipinski definition) is 1. The van der Waals surface area contributed by atoms with Crippen LogP contribution in [0.5, 0.6) is 0 Å². The Morgan fingerprint density at radius 1 is 0.967 bits per heavy atom. The predicted octanol–water partition coefficient (Wildman–Crippen LogP) is 8.02. The van der Waals surface area contributed by atoms with Crippen LogP contribution in [0.3, 0.4) is 0 Å². The molecular formula is C29H50O. The smallest absolute Gasteiger partial charge is 0.0724 e. The summed E-state index contributed by atoms with van der Waals surface area (Å²) in [5, 5.41) is 10.2. The summed E-state index contributed by atoms with van der Waals surface area (Å²) < 4.78 is 0. The molecule has 0 unspecified atom stereocenters. The van der Waals surface area contributed by atoms with E-state index in [1.807, 2.05) is 0 Å². The van der Waals surface area contributed by atoms with Gasteiger partial charge in [-0.3, -0.25) is 0 Å². The van der Waals surface area contributed by atoms with E-state index in [-0.39, 0.29) is 6.10 Å². The molecule has 0 amide bonds. The van der Waals surface area contributed by atoms with Crippen LogP contribution in [0.4, 0.5) is 0 Å². The van der Waals surface area contributed by atoms with E-state index in [1.54, 1.807) is 5.57 Å². The van der Waals surface area contributed by atoms with Crippen LogP contribution in [0.1, 0.15) is 112 Å². The first kappa shape index (κ1) is 22.9. The van der Waals surface area contributed by atoms with Crippen LogP contribution in [-0.2, 0) is 0 Å². The first-order valence-electron chi connectivity index (χ1n) is 13.6. The molecule has 4 aliphatic carbocycles. The van der Waals surface area contributed by atoms with E-state index in [0.29, 0.717) is 10.8 Å². The first-order valence-corrected chi connectivity index (χ1v) is 13.6. The predicted molar refractivity (Wildman–Crippen MR) is 128 cm³/mol. The van der Waals surface area contributed by atoms with Gasteiger partial charge in [-0.2, -0.15) is 0 Å². The van der Waals surface area contributed by atoms with Crippen molar-refractivity contribution >= 4 is 0 Å². The summed E-state index contributed by atoms with van der Waals surface area (Å²) in [5.74, 6) is 6.37. The van der Waals surface area contributed by atoms with Crippen molar-refractivity contribution in [1.82, 2.24) is 0 Å². The van der Waals surface area contributed by atoms with Crippen LogP contribution in [0.15, 0.2) is 11.6 Å². The standard InChI is InChI=1S/C29H50O/c1-7-21(19(2)3)9-8-20(4)25-12-13-26-24-11-10-22-18-23(30)14-16-28(22,5)27(24)15-17-29(25,26)6/h18-21,23-27,30H,7-17H2,1-6H3/t20-,21-,23-,24+,25-,26+,27+,28+,29-/m1/s1. The summed E-state index contributed by atoms with van der Waals surface area (Å²) in [5.41, 5.74) is 2.60. The minimum absolute atomic E-state index is 0.173. The monoisotopic (exact) mass is 414 g/mol. The molecule has 3 saturated carbocycles. The molecular weight excluding hydrogens is 364 g/mol. The molecule has 172 valence electrons. The fourth-order valence-electron chi connectivity index (χ4n) is 9.37. The van der Waals surface area contributed by atoms with Crippen molar-refractivity contribution in [3.63, 3.8) is 0 Å². The molecule has 0 aliphatic heterocycles. The third-order valence-corrected chi connectivity index (χ3v) is 11.3. The van der Waals surface area contributed by atoms with Gasteiger partial charge in [-0.15, -0.1) is 0 Å². The van der Waals surface area contributed by atoms with Gasteiger partial charge in [-0.05, 0) is 110 Å². The maximum absolute atomic E-state index is 10.2. The lowest BCUT2D eigenvalue weighted by atomic mass is 9.46. The fourth-order valence-corrected chi connectivity index (χ4v) is 9.37. The van der Waals surface area contributed by atoms with E-state index >= 15 is 0 Å². The van der Waals surface area contributed by atoms with Gasteiger partial charge in [-0.1, -0.05) is 66.0 Å². The van der Waals surface area contributed by atoms with Gasteiger partial charge in [0.05, 0.1) is 6.10 Å². The van der Waals surface area contributed by atoms with Gasteiger partial charge in [0.25, 0.3) is 0 Å². The Labute approximate surface area is 187 Å². The number of aliphatic hydroxyl groups is 1. The summed E-state index contributed by atoms with van der Waals surface area (Å²) >= 11 is 0. The van der Waals surface area contributed by atoms with Crippen molar-refractivity contribution in [3.05, 3.63) is 11.6 Å². The lowest BCUT2D eigenvalue weighted by Gasteiger charge is -2.59. The quantitative estimate of drug-likeness (QED) is 0.436. The molecule has 1 N–H and O–H groups in total. The van der Waals surface area contributed by atoms with Gasteiger partial charge >= 0.3 is 0 Å². The van der Waals surface area contributed by atoms with Crippen LogP contribution < -0.4 is 0 Å². The molecule has 30 heavy (non-hydrogen) atoms. The Balaban J connectivity index is 1.47. The number of aliphatic hydroxyl groups excluding tert-OH is 1. The molecule has 0 heterocycles. The Morgan fingerprint density at radius 3 is 2.43 bits per heavy atom. The third-order valence-electron chi connectivity index (χ3n) is 11.3. The molecule has 1 heteroatoms. The van der Waals surface area contributed by atoms with Crippen LogP contribution >= 0.6 is 0 Å². The summed E-state index contributed by atoms with van der Waals surface area (Å²) in [6, 6.07) is 0. The normalized spacial score (nSPS) is 45.3. The van der Waals surface area contributed by atoms with E-state index in [0.717, 1.165) is 47.8 Å². The van der Waals surface area contributed by atoms with Crippen molar-refractivity contribution in [1.29, 1.82) is 0 Å². The number of allylic oxidation sites excluding steroid dienone is 1. The molecule has 9 atom stereocenters. The summed E-state index contributed by atoms with van der Waals surface area (Å²) in [7, 11) is 0. The molecule has 0 aromatic heterocycles. The van der Waals surface area contributed by atoms with Crippen LogP contribution in [0, 0.1) is 52.3 Å². The molecule has 0 aromatic rings. The van der Waals surface area contributed by atoms with E-state index in [1.165, 1.54) is 64.2 Å². The molecule has 0 saturated heterocycles. The first-order chi connectivity index (χ1) is 14.2. The fraction of sp³-hybridized carbons (Fsp3) is 0.931. The Bertz CT molecular complexity index is 634. The van der Waals surface area contributed by atoms with Crippen molar-refractivity contribution in [2.75, 3.05) is 0 Å². The van der Waals surface area contributed by atoms with E-state index in [2.05, 4.69) is 47.6 Å². The number of rotatable bonds is 6. The van der Waals surface area contributed by atoms with Gasteiger partial charge in [0.15, 0.2) is 0 Å². The van der Waals surface area contributed by atoms with Crippen molar-refractivity contribution < 1.29 is 5.11 Å². The Hall–Kier alpha value is -0.300.